The summed E-state index contributed by atoms with van der Waals surface area (Å²) < 4.78 is 0. The maximum Gasteiger partial charge on any atom is 0.244 e. The Bertz CT molecular complexity index is 485. The van der Waals surface area contributed by atoms with E-state index in [4.69, 9.17) is 23.2 Å². The maximum absolute atomic E-state index is 12.2. The minimum absolute atomic E-state index is 0.116. The van der Waals surface area contributed by atoms with E-state index in [1.165, 1.54) is 0 Å². The van der Waals surface area contributed by atoms with Gasteiger partial charge in [0, 0.05) is 18.1 Å². The second kappa shape index (κ2) is 6.02. The van der Waals surface area contributed by atoms with Crippen molar-refractivity contribution in [2.24, 2.45) is 0 Å². The van der Waals surface area contributed by atoms with Gasteiger partial charge in [0.15, 0.2) is 0 Å². The Morgan fingerprint density at radius 3 is 2.53 bits per heavy atom. The Balaban J connectivity index is 2.08. The predicted octanol–water partition coefficient (Wildman–Crippen LogP) is 3.72. The molecule has 1 amide bonds. The van der Waals surface area contributed by atoms with Crippen molar-refractivity contribution >= 4 is 34.8 Å². The van der Waals surface area contributed by atoms with Crippen LogP contribution in [0.3, 0.4) is 0 Å². The van der Waals surface area contributed by atoms with Crippen LogP contribution in [0.25, 0.3) is 0 Å². The zero-order valence-corrected chi connectivity index (χ0v) is 12.7. The van der Waals surface area contributed by atoms with Gasteiger partial charge in [0.2, 0.25) is 5.91 Å². The van der Waals surface area contributed by atoms with Crippen molar-refractivity contribution in [1.29, 1.82) is 0 Å². The number of rotatable bonds is 3. The normalized spacial score (nSPS) is 16.5. The lowest BCUT2D eigenvalue weighted by Gasteiger charge is -2.22. The van der Waals surface area contributed by atoms with Gasteiger partial charge in [-0.05, 0) is 44.4 Å². The second-order valence-electron chi connectivity index (χ2n) is 4.98. The second-order valence-corrected chi connectivity index (χ2v) is 5.79. The fourth-order valence-electron chi connectivity index (χ4n) is 2.26. The molecule has 1 unspecified atom stereocenters. The van der Waals surface area contributed by atoms with E-state index >= 15 is 0 Å². The van der Waals surface area contributed by atoms with E-state index in [1.807, 2.05) is 18.7 Å². The number of anilines is 1. The minimum Gasteiger partial charge on any atom is -0.373 e. The molecule has 0 aliphatic carbocycles. The Morgan fingerprint density at radius 1 is 1.26 bits per heavy atom. The fourth-order valence-corrected chi connectivity index (χ4v) is 2.70. The quantitative estimate of drug-likeness (QED) is 0.922. The monoisotopic (exact) mass is 300 g/mol. The molecule has 5 heteroatoms. The lowest BCUT2D eigenvalue weighted by molar-refractivity contribution is -0.130. The molecule has 1 aliphatic rings. The lowest BCUT2D eigenvalue weighted by atomic mass is 10.2. The van der Waals surface area contributed by atoms with Gasteiger partial charge in [-0.25, -0.2) is 0 Å². The van der Waals surface area contributed by atoms with Crippen molar-refractivity contribution in [1.82, 2.24) is 4.90 Å². The summed E-state index contributed by atoms with van der Waals surface area (Å²) in [6.07, 6.45) is 2.19. The van der Waals surface area contributed by atoms with Crippen molar-refractivity contribution in [3.05, 3.63) is 27.7 Å². The zero-order valence-electron chi connectivity index (χ0n) is 11.2. The first-order valence-electron chi connectivity index (χ1n) is 6.50. The van der Waals surface area contributed by atoms with Gasteiger partial charge in [-0.3, -0.25) is 4.79 Å². The van der Waals surface area contributed by atoms with Crippen molar-refractivity contribution in [3.8, 4) is 0 Å². The number of nitrogens with one attached hydrogen (secondary N) is 1. The fraction of sp³-hybridized carbons (Fsp3) is 0.500. The summed E-state index contributed by atoms with van der Waals surface area (Å²) in [6.45, 7) is 5.46. The molecule has 1 fully saturated rings. The van der Waals surface area contributed by atoms with Gasteiger partial charge in [-0.15, -0.1) is 0 Å². The molecule has 3 nitrogen and oxygen atoms in total. The van der Waals surface area contributed by atoms with Crippen LogP contribution in [0.1, 0.15) is 25.3 Å². The van der Waals surface area contributed by atoms with Gasteiger partial charge in [0.25, 0.3) is 0 Å². The molecule has 0 bridgehead atoms. The van der Waals surface area contributed by atoms with Crippen LogP contribution < -0.4 is 5.32 Å². The average Bonchev–Trinajstić information content (AvgIpc) is 2.88. The SMILES string of the molecule is Cc1cc(Cl)c(NC(C)C(=O)N2CCCC2)cc1Cl. The molecule has 0 aromatic heterocycles. The van der Waals surface area contributed by atoms with Crippen molar-refractivity contribution in [3.63, 3.8) is 0 Å². The molecular formula is C14H18Cl2N2O. The first-order valence-corrected chi connectivity index (χ1v) is 7.25. The zero-order chi connectivity index (χ0) is 14.0. The van der Waals surface area contributed by atoms with E-state index < -0.39 is 0 Å². The van der Waals surface area contributed by atoms with E-state index in [2.05, 4.69) is 5.32 Å². The Kier molecular flexibility index (Phi) is 4.58. The van der Waals surface area contributed by atoms with Crippen molar-refractivity contribution in [2.45, 2.75) is 32.7 Å². The molecule has 1 aromatic carbocycles. The summed E-state index contributed by atoms with van der Waals surface area (Å²) in [4.78, 5) is 14.1. The number of benzene rings is 1. The molecule has 0 radical (unpaired) electrons. The van der Waals surface area contributed by atoms with Crippen LogP contribution in [0, 0.1) is 6.92 Å². The van der Waals surface area contributed by atoms with Gasteiger partial charge in [-0.1, -0.05) is 23.2 Å². The summed E-state index contributed by atoms with van der Waals surface area (Å²) in [7, 11) is 0. The highest BCUT2D eigenvalue weighted by Crippen LogP contribution is 2.29. The number of carbonyl (C=O) groups is 1. The lowest BCUT2D eigenvalue weighted by Crippen LogP contribution is -2.39. The highest BCUT2D eigenvalue weighted by molar-refractivity contribution is 6.35. The molecule has 1 aliphatic heterocycles. The van der Waals surface area contributed by atoms with E-state index in [0.29, 0.717) is 15.7 Å². The molecule has 1 atom stereocenters. The summed E-state index contributed by atoms with van der Waals surface area (Å²) in [6, 6.07) is 3.28. The molecule has 1 N–H and O–H groups in total. The van der Waals surface area contributed by atoms with Crippen molar-refractivity contribution < 1.29 is 4.79 Å². The van der Waals surface area contributed by atoms with Gasteiger partial charge >= 0.3 is 0 Å². The highest BCUT2D eigenvalue weighted by Gasteiger charge is 2.23. The van der Waals surface area contributed by atoms with Crippen LogP contribution in [0.4, 0.5) is 5.69 Å². The molecular weight excluding hydrogens is 283 g/mol. The molecule has 0 spiro atoms. The standard InChI is InChI=1S/C14H18Cl2N2O/c1-9-7-12(16)13(8-11(9)15)17-10(2)14(19)18-5-3-4-6-18/h7-8,10,17H,3-6H2,1-2H3. The Labute approximate surface area is 123 Å². The first-order chi connectivity index (χ1) is 8.99. The summed E-state index contributed by atoms with van der Waals surface area (Å²) in [5.41, 5.74) is 1.63. The Morgan fingerprint density at radius 2 is 1.89 bits per heavy atom. The molecule has 0 saturated carbocycles. The van der Waals surface area contributed by atoms with Crippen LogP contribution in [0.15, 0.2) is 12.1 Å². The summed E-state index contributed by atoms with van der Waals surface area (Å²) in [5, 5.41) is 4.38. The third-order valence-electron chi connectivity index (χ3n) is 3.41. The summed E-state index contributed by atoms with van der Waals surface area (Å²) >= 11 is 12.2. The number of amides is 1. The van der Waals surface area contributed by atoms with Gasteiger partial charge in [0.1, 0.15) is 6.04 Å². The van der Waals surface area contributed by atoms with E-state index in [9.17, 15) is 4.79 Å². The third kappa shape index (κ3) is 3.34. The van der Waals surface area contributed by atoms with Gasteiger partial charge in [0.05, 0.1) is 10.7 Å². The topological polar surface area (TPSA) is 32.3 Å². The highest BCUT2D eigenvalue weighted by atomic mass is 35.5. The minimum atomic E-state index is -0.297. The number of aryl methyl sites for hydroxylation is 1. The molecule has 1 heterocycles. The maximum atomic E-state index is 12.2. The first kappa shape index (κ1) is 14.5. The summed E-state index contributed by atoms with van der Waals surface area (Å²) in [5.74, 6) is 0.116. The smallest absolute Gasteiger partial charge is 0.244 e. The van der Waals surface area contributed by atoms with Crippen LogP contribution in [0.5, 0.6) is 0 Å². The number of carbonyl (C=O) groups excluding carboxylic acids is 1. The Hall–Kier alpha value is -0.930. The number of hydrogen-bond donors (Lipinski definition) is 1. The number of hydrogen-bond acceptors (Lipinski definition) is 2. The van der Waals surface area contributed by atoms with E-state index in [0.717, 1.165) is 31.5 Å². The van der Waals surface area contributed by atoms with Crippen molar-refractivity contribution in [2.75, 3.05) is 18.4 Å². The van der Waals surface area contributed by atoms with Crippen LogP contribution in [-0.4, -0.2) is 29.9 Å². The van der Waals surface area contributed by atoms with Crippen LogP contribution in [-0.2, 0) is 4.79 Å². The largest absolute Gasteiger partial charge is 0.373 e. The average molecular weight is 301 g/mol. The van der Waals surface area contributed by atoms with Crippen LogP contribution >= 0.6 is 23.2 Å². The number of likely N-dealkylation sites (tertiary alicyclic amines) is 1. The van der Waals surface area contributed by atoms with E-state index in [-0.39, 0.29) is 11.9 Å². The third-order valence-corrected chi connectivity index (χ3v) is 4.13. The predicted molar refractivity (Wildman–Crippen MR) is 80.1 cm³/mol. The molecule has 2 rings (SSSR count). The van der Waals surface area contributed by atoms with E-state index in [1.54, 1.807) is 12.1 Å². The molecule has 1 aromatic rings. The van der Waals surface area contributed by atoms with Gasteiger partial charge in [-0.2, -0.15) is 0 Å². The number of nitrogens with zero attached hydrogens (tertiary/aromatic N) is 1. The van der Waals surface area contributed by atoms with Crippen LogP contribution in [0.2, 0.25) is 10.0 Å². The number of halogens is 2. The molecule has 19 heavy (non-hydrogen) atoms. The molecule has 1 saturated heterocycles. The van der Waals surface area contributed by atoms with Gasteiger partial charge < -0.3 is 10.2 Å². The molecule has 104 valence electrons.